The number of rotatable bonds is 4. The van der Waals surface area contributed by atoms with Crippen LogP contribution in [0, 0.1) is 0 Å². The van der Waals surface area contributed by atoms with E-state index in [-0.39, 0.29) is 0 Å². The summed E-state index contributed by atoms with van der Waals surface area (Å²) in [4.78, 5) is 8.49. The van der Waals surface area contributed by atoms with Crippen molar-refractivity contribution in [3.8, 4) is 11.6 Å². The van der Waals surface area contributed by atoms with Crippen LogP contribution < -0.4 is 4.74 Å². The fourth-order valence-electron chi connectivity index (χ4n) is 1.50. The molecular weight excluding hydrogens is 395 g/mol. The van der Waals surface area contributed by atoms with E-state index in [4.69, 9.17) is 16.3 Å². The number of benzene rings is 1. The number of nitrogens with zero attached hydrogens (tertiary/aromatic N) is 2. The van der Waals surface area contributed by atoms with Gasteiger partial charge in [0.25, 0.3) is 0 Å². The van der Waals surface area contributed by atoms with E-state index >= 15 is 0 Å². The van der Waals surface area contributed by atoms with Gasteiger partial charge in [-0.3, -0.25) is 0 Å². The summed E-state index contributed by atoms with van der Waals surface area (Å²) >= 11 is 12.8. The minimum absolute atomic E-state index is 0.390. The van der Waals surface area contributed by atoms with E-state index in [9.17, 15) is 0 Å². The van der Waals surface area contributed by atoms with Crippen LogP contribution in [0.5, 0.6) is 11.6 Å². The van der Waals surface area contributed by atoms with E-state index in [1.807, 2.05) is 18.2 Å². The van der Waals surface area contributed by atoms with Crippen molar-refractivity contribution in [1.82, 2.24) is 9.97 Å². The molecule has 0 aliphatic heterocycles. The highest BCUT2D eigenvalue weighted by Crippen LogP contribution is 2.31. The zero-order chi connectivity index (χ0) is 13.8. The lowest BCUT2D eigenvalue weighted by Crippen LogP contribution is -1.98. The van der Waals surface area contributed by atoms with Crippen molar-refractivity contribution in [1.29, 1.82) is 0 Å². The number of aryl methyl sites for hydroxylation is 1. The van der Waals surface area contributed by atoms with Gasteiger partial charge in [-0.1, -0.05) is 34.5 Å². The maximum atomic E-state index is 5.97. The second-order valence-corrected chi connectivity index (χ2v) is 6.03. The third kappa shape index (κ3) is 4.16. The van der Waals surface area contributed by atoms with Crippen LogP contribution in [0.1, 0.15) is 19.2 Å². The summed E-state index contributed by atoms with van der Waals surface area (Å²) < 4.78 is 7.54. The fourth-order valence-corrected chi connectivity index (χ4v) is 2.82. The highest BCUT2D eigenvalue weighted by atomic mass is 79.9. The van der Waals surface area contributed by atoms with Gasteiger partial charge in [0.1, 0.15) is 16.7 Å². The molecule has 2 aromatic rings. The van der Waals surface area contributed by atoms with Gasteiger partial charge in [-0.25, -0.2) is 4.98 Å². The summed E-state index contributed by atoms with van der Waals surface area (Å²) in [7, 11) is 0. The molecule has 19 heavy (non-hydrogen) atoms. The lowest BCUT2D eigenvalue weighted by Gasteiger charge is -2.08. The van der Waals surface area contributed by atoms with Crippen LogP contribution in [0.25, 0.3) is 0 Å². The average Bonchev–Trinajstić information content (AvgIpc) is 2.32. The lowest BCUT2D eigenvalue weighted by molar-refractivity contribution is 0.455. The van der Waals surface area contributed by atoms with Gasteiger partial charge >= 0.3 is 0 Å². The van der Waals surface area contributed by atoms with E-state index in [1.54, 1.807) is 6.07 Å². The third-order valence-corrected chi connectivity index (χ3v) is 3.61. The van der Waals surface area contributed by atoms with Crippen LogP contribution in [0.4, 0.5) is 0 Å². The van der Waals surface area contributed by atoms with Gasteiger partial charge in [0, 0.05) is 17.0 Å². The number of aromatic nitrogens is 2. The quantitative estimate of drug-likeness (QED) is 0.638. The van der Waals surface area contributed by atoms with E-state index in [0.717, 1.165) is 21.8 Å². The third-order valence-electron chi connectivity index (χ3n) is 2.30. The van der Waals surface area contributed by atoms with Crippen molar-refractivity contribution < 1.29 is 4.74 Å². The molecule has 0 unspecified atom stereocenters. The molecule has 0 fully saturated rings. The Morgan fingerprint density at radius 2 is 2.00 bits per heavy atom. The van der Waals surface area contributed by atoms with Crippen LogP contribution in [0.2, 0.25) is 5.15 Å². The van der Waals surface area contributed by atoms with Crippen molar-refractivity contribution in [3.05, 3.63) is 44.2 Å². The fraction of sp³-hybridized carbons (Fsp3) is 0.231. The first-order chi connectivity index (χ1) is 9.08. The van der Waals surface area contributed by atoms with Gasteiger partial charge in [-0.2, -0.15) is 4.98 Å². The standard InChI is InChI=1S/C13H11Br2ClN2O/c1-2-3-12-17-11(16)7-13(18-12)19-10-5-4-8(14)6-9(10)15/h4-7H,2-3H2,1H3. The highest BCUT2D eigenvalue weighted by molar-refractivity contribution is 9.11. The maximum absolute atomic E-state index is 5.97. The van der Waals surface area contributed by atoms with Gasteiger partial charge in [0.05, 0.1) is 4.47 Å². The highest BCUT2D eigenvalue weighted by Gasteiger charge is 2.08. The number of halogens is 3. The summed E-state index contributed by atoms with van der Waals surface area (Å²) in [6, 6.07) is 7.26. The molecule has 0 bridgehead atoms. The Balaban J connectivity index is 2.27. The molecular formula is C13H11Br2ClN2O. The van der Waals surface area contributed by atoms with Gasteiger partial charge in [-0.15, -0.1) is 0 Å². The molecule has 0 atom stereocenters. The van der Waals surface area contributed by atoms with Crippen LogP contribution in [-0.2, 0) is 6.42 Å². The molecule has 1 aromatic heterocycles. The summed E-state index contributed by atoms with van der Waals surface area (Å²) in [6.45, 7) is 2.07. The monoisotopic (exact) mass is 404 g/mol. The van der Waals surface area contributed by atoms with Crippen molar-refractivity contribution >= 4 is 43.5 Å². The maximum Gasteiger partial charge on any atom is 0.224 e. The summed E-state index contributed by atoms with van der Waals surface area (Å²) in [5, 5.41) is 0.390. The number of ether oxygens (including phenoxy) is 1. The Hall–Kier alpha value is -0.650. The summed E-state index contributed by atoms with van der Waals surface area (Å²) in [5.41, 5.74) is 0. The predicted octanol–water partition coefficient (Wildman–Crippen LogP) is 5.40. The minimum atomic E-state index is 0.390. The normalized spacial score (nSPS) is 10.5. The second-order valence-electron chi connectivity index (χ2n) is 3.87. The molecule has 1 heterocycles. The second kappa shape index (κ2) is 6.68. The van der Waals surface area contributed by atoms with E-state index in [2.05, 4.69) is 48.8 Å². The van der Waals surface area contributed by atoms with E-state index < -0.39 is 0 Å². The molecule has 3 nitrogen and oxygen atoms in total. The van der Waals surface area contributed by atoms with Crippen molar-refractivity contribution in [2.75, 3.05) is 0 Å². The molecule has 0 amide bonds. The minimum Gasteiger partial charge on any atom is -0.438 e. The number of hydrogen-bond acceptors (Lipinski definition) is 3. The molecule has 1 aromatic carbocycles. The van der Waals surface area contributed by atoms with Crippen LogP contribution >= 0.6 is 43.5 Å². The Bertz CT molecular complexity index is 593. The average molecular weight is 407 g/mol. The zero-order valence-corrected chi connectivity index (χ0v) is 14.1. The van der Waals surface area contributed by atoms with Crippen molar-refractivity contribution in [2.24, 2.45) is 0 Å². The molecule has 0 radical (unpaired) electrons. The van der Waals surface area contributed by atoms with Crippen LogP contribution in [-0.4, -0.2) is 9.97 Å². The van der Waals surface area contributed by atoms with Gasteiger partial charge < -0.3 is 4.74 Å². The van der Waals surface area contributed by atoms with Crippen molar-refractivity contribution in [3.63, 3.8) is 0 Å². The molecule has 0 aliphatic rings. The smallest absolute Gasteiger partial charge is 0.224 e. The zero-order valence-electron chi connectivity index (χ0n) is 10.2. The first-order valence-corrected chi connectivity index (χ1v) is 7.71. The predicted molar refractivity (Wildman–Crippen MR) is 83.0 cm³/mol. The Labute approximate surface area is 133 Å². The SMILES string of the molecule is CCCc1nc(Cl)cc(Oc2ccc(Br)cc2Br)n1. The number of hydrogen-bond donors (Lipinski definition) is 0. The van der Waals surface area contributed by atoms with Crippen molar-refractivity contribution in [2.45, 2.75) is 19.8 Å². The topological polar surface area (TPSA) is 35.0 Å². The Morgan fingerprint density at radius 1 is 1.21 bits per heavy atom. The molecule has 100 valence electrons. The van der Waals surface area contributed by atoms with Gasteiger partial charge in [0.15, 0.2) is 0 Å². The molecule has 0 aliphatic carbocycles. The largest absolute Gasteiger partial charge is 0.438 e. The molecule has 0 N–H and O–H groups in total. The first-order valence-electron chi connectivity index (χ1n) is 5.75. The van der Waals surface area contributed by atoms with E-state index in [1.165, 1.54) is 0 Å². The molecule has 0 saturated carbocycles. The van der Waals surface area contributed by atoms with E-state index in [0.29, 0.717) is 22.6 Å². The van der Waals surface area contributed by atoms with Gasteiger partial charge in [-0.05, 0) is 40.5 Å². The first kappa shape index (κ1) is 14.8. The van der Waals surface area contributed by atoms with Crippen LogP contribution in [0.3, 0.4) is 0 Å². The molecule has 0 saturated heterocycles. The molecule has 0 spiro atoms. The van der Waals surface area contributed by atoms with Crippen LogP contribution in [0.15, 0.2) is 33.2 Å². The summed E-state index contributed by atoms with van der Waals surface area (Å²) in [5.74, 6) is 1.82. The lowest BCUT2D eigenvalue weighted by atomic mass is 10.3. The van der Waals surface area contributed by atoms with Gasteiger partial charge in [0.2, 0.25) is 5.88 Å². The Morgan fingerprint density at radius 3 is 2.68 bits per heavy atom. The molecule has 2 rings (SSSR count). The Kier molecular flexibility index (Phi) is 5.19. The molecule has 6 heteroatoms. The summed E-state index contributed by atoms with van der Waals surface area (Å²) in [6.07, 6.45) is 1.74.